The molecule has 0 bridgehead atoms. The Labute approximate surface area is 115 Å². The molecule has 1 saturated heterocycles. The number of carboxylic acids is 1. The first-order chi connectivity index (χ1) is 9.34. The van der Waals surface area contributed by atoms with E-state index in [1.807, 2.05) is 0 Å². The van der Waals surface area contributed by atoms with Crippen molar-refractivity contribution in [2.45, 2.75) is 17.9 Å². The van der Waals surface area contributed by atoms with Crippen LogP contribution in [-0.2, 0) is 19.6 Å². The molecular formula is C12H14FNO5S. The summed E-state index contributed by atoms with van der Waals surface area (Å²) >= 11 is 0. The lowest BCUT2D eigenvalue weighted by molar-refractivity contribution is -0.153. The SMILES string of the molecule is Cc1cccc(S(=O)(=O)N2CCOC(C(=O)O)C2)c1F. The lowest BCUT2D eigenvalue weighted by Crippen LogP contribution is -2.48. The minimum atomic E-state index is -4.07. The number of hydrogen-bond acceptors (Lipinski definition) is 4. The number of sulfonamides is 1. The van der Waals surface area contributed by atoms with Crippen molar-refractivity contribution in [3.8, 4) is 0 Å². The molecule has 1 atom stereocenters. The summed E-state index contributed by atoms with van der Waals surface area (Å²) in [5.74, 6) is -2.06. The second-order valence-corrected chi connectivity index (χ2v) is 6.35. The van der Waals surface area contributed by atoms with Crippen LogP contribution in [0.3, 0.4) is 0 Å². The fourth-order valence-electron chi connectivity index (χ4n) is 1.95. The molecule has 1 heterocycles. The predicted octanol–water partition coefficient (Wildman–Crippen LogP) is 0.608. The average Bonchev–Trinajstić information content (AvgIpc) is 2.41. The van der Waals surface area contributed by atoms with Gasteiger partial charge in [-0.05, 0) is 18.6 Å². The van der Waals surface area contributed by atoms with Crippen molar-refractivity contribution in [1.29, 1.82) is 0 Å². The molecule has 1 aromatic carbocycles. The maximum absolute atomic E-state index is 14.0. The largest absolute Gasteiger partial charge is 0.479 e. The van der Waals surface area contributed by atoms with Crippen LogP contribution in [-0.4, -0.2) is 49.6 Å². The van der Waals surface area contributed by atoms with Gasteiger partial charge in [0, 0.05) is 6.54 Å². The highest BCUT2D eigenvalue weighted by atomic mass is 32.2. The van der Waals surface area contributed by atoms with Crippen molar-refractivity contribution >= 4 is 16.0 Å². The number of aryl methyl sites for hydroxylation is 1. The van der Waals surface area contributed by atoms with Crippen LogP contribution in [0.1, 0.15) is 5.56 Å². The molecule has 0 amide bonds. The summed E-state index contributed by atoms with van der Waals surface area (Å²) in [6.07, 6.45) is -1.23. The number of benzene rings is 1. The van der Waals surface area contributed by atoms with Crippen LogP contribution >= 0.6 is 0 Å². The van der Waals surface area contributed by atoms with E-state index >= 15 is 0 Å². The molecule has 0 saturated carbocycles. The topological polar surface area (TPSA) is 83.9 Å². The standard InChI is InChI=1S/C12H14FNO5S/c1-8-3-2-4-10(11(8)13)20(17,18)14-5-6-19-9(7-14)12(15)16/h2-4,9H,5-7H2,1H3,(H,15,16). The third-order valence-corrected chi connectivity index (χ3v) is 4.96. The molecule has 0 radical (unpaired) electrons. The summed E-state index contributed by atoms with van der Waals surface area (Å²) in [6, 6.07) is 4.08. The smallest absolute Gasteiger partial charge is 0.334 e. The van der Waals surface area contributed by atoms with Crippen LogP contribution in [0.5, 0.6) is 0 Å². The summed E-state index contributed by atoms with van der Waals surface area (Å²) in [4.78, 5) is 10.4. The molecule has 2 rings (SSSR count). The fourth-order valence-corrected chi connectivity index (χ4v) is 3.51. The average molecular weight is 303 g/mol. The summed E-state index contributed by atoms with van der Waals surface area (Å²) in [5, 5.41) is 8.87. The molecule has 6 nitrogen and oxygen atoms in total. The molecule has 1 aliphatic rings. The van der Waals surface area contributed by atoms with Crippen molar-refractivity contribution in [3.63, 3.8) is 0 Å². The van der Waals surface area contributed by atoms with Gasteiger partial charge in [-0.3, -0.25) is 0 Å². The van der Waals surface area contributed by atoms with Crippen LogP contribution in [0.25, 0.3) is 0 Å². The molecule has 0 spiro atoms. The number of carbonyl (C=O) groups is 1. The van der Waals surface area contributed by atoms with Gasteiger partial charge in [0.1, 0.15) is 10.7 Å². The summed E-state index contributed by atoms with van der Waals surface area (Å²) < 4.78 is 44.6. The number of halogens is 1. The first kappa shape index (κ1) is 14.9. The molecule has 1 fully saturated rings. The number of rotatable bonds is 3. The lowest BCUT2D eigenvalue weighted by atomic mass is 10.2. The van der Waals surface area contributed by atoms with Gasteiger partial charge >= 0.3 is 5.97 Å². The van der Waals surface area contributed by atoms with E-state index in [1.165, 1.54) is 25.1 Å². The van der Waals surface area contributed by atoms with E-state index in [1.54, 1.807) is 0 Å². The van der Waals surface area contributed by atoms with E-state index in [2.05, 4.69) is 0 Å². The molecule has 1 aromatic rings. The maximum Gasteiger partial charge on any atom is 0.334 e. The van der Waals surface area contributed by atoms with Crippen LogP contribution < -0.4 is 0 Å². The molecule has 0 aliphatic carbocycles. The Hall–Kier alpha value is -1.51. The van der Waals surface area contributed by atoms with E-state index in [0.29, 0.717) is 0 Å². The van der Waals surface area contributed by atoms with E-state index in [9.17, 15) is 17.6 Å². The van der Waals surface area contributed by atoms with E-state index in [-0.39, 0.29) is 25.3 Å². The van der Waals surface area contributed by atoms with Gasteiger partial charge in [-0.2, -0.15) is 4.31 Å². The number of nitrogens with zero attached hydrogens (tertiary/aromatic N) is 1. The molecule has 20 heavy (non-hydrogen) atoms. The van der Waals surface area contributed by atoms with E-state index in [0.717, 1.165) is 4.31 Å². The molecular weight excluding hydrogens is 289 g/mol. The third-order valence-electron chi connectivity index (χ3n) is 3.08. The van der Waals surface area contributed by atoms with Gasteiger partial charge in [0.25, 0.3) is 0 Å². The van der Waals surface area contributed by atoms with E-state index < -0.39 is 32.8 Å². The fraction of sp³-hybridized carbons (Fsp3) is 0.417. The van der Waals surface area contributed by atoms with Gasteiger partial charge in [-0.25, -0.2) is 17.6 Å². The molecule has 110 valence electrons. The highest BCUT2D eigenvalue weighted by Crippen LogP contribution is 2.23. The number of carboxylic acid groups (broad SMARTS) is 1. The second-order valence-electron chi connectivity index (χ2n) is 4.45. The van der Waals surface area contributed by atoms with Crippen LogP contribution in [0, 0.1) is 12.7 Å². The van der Waals surface area contributed by atoms with Crippen LogP contribution in [0.2, 0.25) is 0 Å². The Morgan fingerprint density at radius 3 is 2.85 bits per heavy atom. The first-order valence-corrected chi connectivity index (χ1v) is 7.37. The molecule has 1 unspecified atom stereocenters. The molecule has 8 heteroatoms. The van der Waals surface area contributed by atoms with Crippen molar-refractivity contribution in [1.82, 2.24) is 4.31 Å². The van der Waals surface area contributed by atoms with Gasteiger partial charge in [-0.1, -0.05) is 12.1 Å². The van der Waals surface area contributed by atoms with Gasteiger partial charge in [0.15, 0.2) is 6.10 Å². The Kier molecular flexibility index (Phi) is 4.07. The predicted molar refractivity (Wildman–Crippen MR) is 67.3 cm³/mol. The zero-order chi connectivity index (χ0) is 14.9. The molecule has 1 N–H and O–H groups in total. The van der Waals surface area contributed by atoms with Crippen LogP contribution in [0.15, 0.2) is 23.1 Å². The number of aliphatic carboxylic acids is 1. The molecule has 0 aromatic heterocycles. The van der Waals surface area contributed by atoms with Gasteiger partial charge in [0.2, 0.25) is 10.0 Å². The number of morpholine rings is 1. The Morgan fingerprint density at radius 1 is 1.50 bits per heavy atom. The molecule has 1 aliphatic heterocycles. The highest BCUT2D eigenvalue weighted by Gasteiger charge is 2.35. The monoisotopic (exact) mass is 303 g/mol. The zero-order valence-electron chi connectivity index (χ0n) is 10.7. The van der Waals surface area contributed by atoms with Crippen molar-refractivity contribution in [2.24, 2.45) is 0 Å². The third kappa shape index (κ3) is 2.67. The minimum absolute atomic E-state index is 0.000501. The van der Waals surface area contributed by atoms with Gasteiger partial charge in [-0.15, -0.1) is 0 Å². The van der Waals surface area contributed by atoms with Crippen molar-refractivity contribution < 1.29 is 27.4 Å². The quantitative estimate of drug-likeness (QED) is 0.884. The zero-order valence-corrected chi connectivity index (χ0v) is 11.6. The number of hydrogen-bond donors (Lipinski definition) is 1. The Bertz CT molecular complexity index is 631. The normalized spacial score (nSPS) is 20.8. The summed E-state index contributed by atoms with van der Waals surface area (Å²) in [5.41, 5.74) is 0.217. The lowest BCUT2D eigenvalue weighted by Gasteiger charge is -2.30. The van der Waals surface area contributed by atoms with E-state index in [4.69, 9.17) is 9.84 Å². The van der Waals surface area contributed by atoms with Crippen molar-refractivity contribution in [3.05, 3.63) is 29.6 Å². The maximum atomic E-state index is 14.0. The first-order valence-electron chi connectivity index (χ1n) is 5.93. The second kappa shape index (κ2) is 5.47. The summed E-state index contributed by atoms with van der Waals surface area (Å²) in [7, 11) is -4.07. The Morgan fingerprint density at radius 2 is 2.20 bits per heavy atom. The number of ether oxygens (including phenoxy) is 1. The van der Waals surface area contributed by atoms with Crippen LogP contribution in [0.4, 0.5) is 4.39 Å². The van der Waals surface area contributed by atoms with Gasteiger partial charge < -0.3 is 9.84 Å². The Balaban J connectivity index is 2.35. The van der Waals surface area contributed by atoms with Crippen molar-refractivity contribution in [2.75, 3.05) is 19.7 Å². The van der Waals surface area contributed by atoms with Gasteiger partial charge in [0.05, 0.1) is 13.2 Å². The minimum Gasteiger partial charge on any atom is -0.479 e. The summed E-state index contributed by atoms with van der Waals surface area (Å²) in [6.45, 7) is 1.10. The highest BCUT2D eigenvalue weighted by molar-refractivity contribution is 7.89.